The predicted molar refractivity (Wildman–Crippen MR) is 80.5 cm³/mol. The lowest BCUT2D eigenvalue weighted by Crippen LogP contribution is -2.16. The zero-order valence-electron chi connectivity index (χ0n) is 11.0. The van der Waals surface area contributed by atoms with Gasteiger partial charge in [-0.05, 0) is 29.1 Å². The summed E-state index contributed by atoms with van der Waals surface area (Å²) in [6.07, 6.45) is 0. The third-order valence-corrected chi connectivity index (χ3v) is 5.79. The number of fused-ring (bicyclic) bond motifs is 1. The molecule has 112 valence electrons. The summed E-state index contributed by atoms with van der Waals surface area (Å²) in [6.45, 7) is 1.26. The Balaban J connectivity index is 1.85. The van der Waals surface area contributed by atoms with E-state index in [-0.39, 0.29) is 4.21 Å². The van der Waals surface area contributed by atoms with Crippen molar-refractivity contribution < 1.29 is 17.9 Å². The lowest BCUT2D eigenvalue weighted by molar-refractivity contribution is 0.171. The van der Waals surface area contributed by atoms with Crippen LogP contribution in [0.1, 0.15) is 5.56 Å². The molecular formula is C13H14N2O4S2. The third-order valence-electron chi connectivity index (χ3n) is 2.92. The second-order valence-electron chi connectivity index (χ2n) is 4.44. The molecule has 6 nitrogen and oxygen atoms in total. The first-order chi connectivity index (χ1) is 10.1. The van der Waals surface area contributed by atoms with Crippen LogP contribution in [0.3, 0.4) is 0 Å². The van der Waals surface area contributed by atoms with Crippen LogP contribution in [-0.2, 0) is 16.6 Å². The highest BCUT2D eigenvalue weighted by Gasteiger charge is 2.18. The van der Waals surface area contributed by atoms with Crippen LogP contribution < -0.4 is 19.9 Å². The molecule has 0 fully saturated rings. The van der Waals surface area contributed by atoms with Crippen LogP contribution in [0.25, 0.3) is 0 Å². The molecule has 1 aromatic heterocycles. The summed E-state index contributed by atoms with van der Waals surface area (Å²) >= 11 is 1.14. The standard InChI is InChI=1S/C13H14N2O4S2/c14-7-9-5-13(20-8-9)21(16,17)15-10-1-2-11-12(6-10)19-4-3-18-11/h1-2,5-6,8,15H,3-4,7,14H2. The predicted octanol–water partition coefficient (Wildman–Crippen LogP) is 1.78. The first-order valence-corrected chi connectivity index (χ1v) is 8.65. The molecule has 21 heavy (non-hydrogen) atoms. The average molecular weight is 326 g/mol. The van der Waals surface area contributed by atoms with E-state index in [1.165, 1.54) is 0 Å². The van der Waals surface area contributed by atoms with E-state index in [1.54, 1.807) is 29.6 Å². The minimum atomic E-state index is -3.61. The normalized spacial score (nSPS) is 14.0. The fraction of sp³-hybridized carbons (Fsp3) is 0.231. The Hall–Kier alpha value is -1.77. The van der Waals surface area contributed by atoms with Gasteiger partial charge in [0.25, 0.3) is 10.0 Å². The summed E-state index contributed by atoms with van der Waals surface area (Å²) < 4.78 is 38.2. The highest BCUT2D eigenvalue weighted by Crippen LogP contribution is 2.33. The molecule has 2 aromatic rings. The number of anilines is 1. The third kappa shape index (κ3) is 2.97. The summed E-state index contributed by atoms with van der Waals surface area (Å²) in [5, 5.41) is 1.73. The van der Waals surface area contributed by atoms with Crippen molar-refractivity contribution in [3.05, 3.63) is 35.2 Å². The van der Waals surface area contributed by atoms with E-state index in [0.717, 1.165) is 16.9 Å². The molecule has 0 amide bonds. The zero-order valence-corrected chi connectivity index (χ0v) is 12.7. The summed E-state index contributed by atoms with van der Waals surface area (Å²) in [6, 6.07) is 6.52. The minimum absolute atomic E-state index is 0.234. The van der Waals surface area contributed by atoms with E-state index in [1.807, 2.05) is 0 Å². The zero-order chi connectivity index (χ0) is 14.9. The van der Waals surface area contributed by atoms with Crippen LogP contribution >= 0.6 is 11.3 Å². The Morgan fingerprint density at radius 1 is 1.19 bits per heavy atom. The highest BCUT2D eigenvalue weighted by molar-refractivity contribution is 7.94. The smallest absolute Gasteiger partial charge is 0.271 e. The van der Waals surface area contributed by atoms with Gasteiger partial charge in [-0.1, -0.05) is 0 Å². The number of sulfonamides is 1. The van der Waals surface area contributed by atoms with Crippen molar-refractivity contribution in [2.45, 2.75) is 10.8 Å². The molecule has 0 atom stereocenters. The van der Waals surface area contributed by atoms with Gasteiger partial charge in [0, 0.05) is 12.6 Å². The molecule has 3 N–H and O–H groups in total. The molecule has 0 spiro atoms. The molecule has 0 bridgehead atoms. The van der Waals surface area contributed by atoms with Gasteiger partial charge in [0.1, 0.15) is 17.4 Å². The van der Waals surface area contributed by atoms with Crippen molar-refractivity contribution in [3.63, 3.8) is 0 Å². The number of thiophene rings is 1. The molecule has 2 heterocycles. The molecule has 8 heteroatoms. The van der Waals surface area contributed by atoms with Gasteiger partial charge >= 0.3 is 0 Å². The maximum atomic E-state index is 12.3. The Bertz CT molecular complexity index is 755. The average Bonchev–Trinajstić information content (AvgIpc) is 2.96. The number of hydrogen-bond acceptors (Lipinski definition) is 6. The van der Waals surface area contributed by atoms with E-state index in [2.05, 4.69) is 4.72 Å². The van der Waals surface area contributed by atoms with Crippen LogP contribution in [0.2, 0.25) is 0 Å². The van der Waals surface area contributed by atoms with Crippen LogP contribution in [-0.4, -0.2) is 21.6 Å². The first kappa shape index (κ1) is 14.2. The maximum Gasteiger partial charge on any atom is 0.271 e. The van der Waals surface area contributed by atoms with E-state index in [9.17, 15) is 8.42 Å². The Kier molecular flexibility index (Phi) is 3.75. The lowest BCUT2D eigenvalue weighted by atomic mass is 10.3. The van der Waals surface area contributed by atoms with Crippen LogP contribution in [0, 0.1) is 0 Å². The molecule has 3 rings (SSSR count). The van der Waals surface area contributed by atoms with Crippen LogP contribution in [0.5, 0.6) is 11.5 Å². The number of hydrogen-bond donors (Lipinski definition) is 2. The fourth-order valence-corrected chi connectivity index (χ4v) is 4.19. The molecule has 0 radical (unpaired) electrons. The van der Waals surface area contributed by atoms with Gasteiger partial charge in [-0.3, -0.25) is 4.72 Å². The number of nitrogens with one attached hydrogen (secondary N) is 1. The van der Waals surface area contributed by atoms with Gasteiger partial charge in [0.2, 0.25) is 0 Å². The summed E-state index contributed by atoms with van der Waals surface area (Å²) in [7, 11) is -3.61. The molecule has 0 saturated heterocycles. The highest BCUT2D eigenvalue weighted by atomic mass is 32.2. The van der Waals surface area contributed by atoms with Crippen molar-refractivity contribution in [2.75, 3.05) is 17.9 Å². The number of benzene rings is 1. The summed E-state index contributed by atoms with van der Waals surface area (Å²) in [5.41, 5.74) is 6.72. The molecule has 1 aromatic carbocycles. The molecule has 0 aliphatic carbocycles. The summed E-state index contributed by atoms with van der Waals surface area (Å²) in [5.74, 6) is 1.15. The van der Waals surface area contributed by atoms with Crippen LogP contribution in [0.15, 0.2) is 33.9 Å². The number of rotatable bonds is 4. The fourth-order valence-electron chi connectivity index (χ4n) is 1.91. The topological polar surface area (TPSA) is 90.7 Å². The monoisotopic (exact) mass is 326 g/mol. The van der Waals surface area contributed by atoms with Crippen molar-refractivity contribution >= 4 is 27.0 Å². The molecule has 0 unspecified atom stereocenters. The Labute approximate surface area is 126 Å². The van der Waals surface area contributed by atoms with Crippen molar-refractivity contribution in [3.8, 4) is 11.5 Å². The van der Waals surface area contributed by atoms with Crippen molar-refractivity contribution in [2.24, 2.45) is 5.73 Å². The molecule has 1 aliphatic rings. The van der Waals surface area contributed by atoms with E-state index >= 15 is 0 Å². The van der Waals surface area contributed by atoms with Gasteiger partial charge in [-0.2, -0.15) is 0 Å². The van der Waals surface area contributed by atoms with Crippen LogP contribution in [0.4, 0.5) is 5.69 Å². The summed E-state index contributed by atoms with van der Waals surface area (Å²) in [4.78, 5) is 0. The molecule has 1 aliphatic heterocycles. The maximum absolute atomic E-state index is 12.3. The molecular weight excluding hydrogens is 312 g/mol. The van der Waals surface area contributed by atoms with E-state index in [4.69, 9.17) is 15.2 Å². The van der Waals surface area contributed by atoms with Gasteiger partial charge in [0.15, 0.2) is 11.5 Å². The quantitative estimate of drug-likeness (QED) is 0.894. The Morgan fingerprint density at radius 3 is 2.67 bits per heavy atom. The second kappa shape index (κ2) is 5.55. The SMILES string of the molecule is NCc1csc(S(=O)(=O)Nc2ccc3c(c2)OCCO3)c1. The van der Waals surface area contributed by atoms with E-state index in [0.29, 0.717) is 36.9 Å². The minimum Gasteiger partial charge on any atom is -0.486 e. The van der Waals surface area contributed by atoms with Gasteiger partial charge in [-0.25, -0.2) is 8.42 Å². The second-order valence-corrected chi connectivity index (χ2v) is 7.26. The number of nitrogens with two attached hydrogens (primary N) is 1. The first-order valence-electron chi connectivity index (χ1n) is 6.28. The Morgan fingerprint density at radius 2 is 1.95 bits per heavy atom. The van der Waals surface area contributed by atoms with Gasteiger partial charge in [0.05, 0.1) is 5.69 Å². The van der Waals surface area contributed by atoms with E-state index < -0.39 is 10.0 Å². The van der Waals surface area contributed by atoms with Crippen molar-refractivity contribution in [1.82, 2.24) is 0 Å². The van der Waals surface area contributed by atoms with Gasteiger partial charge < -0.3 is 15.2 Å². The lowest BCUT2D eigenvalue weighted by Gasteiger charge is -2.19. The molecule has 0 saturated carbocycles. The largest absolute Gasteiger partial charge is 0.486 e. The number of ether oxygens (including phenoxy) is 2. The van der Waals surface area contributed by atoms with Crippen molar-refractivity contribution in [1.29, 1.82) is 0 Å². The van der Waals surface area contributed by atoms with Gasteiger partial charge in [-0.15, -0.1) is 11.3 Å².